The molecule has 0 saturated heterocycles. The lowest BCUT2D eigenvalue weighted by molar-refractivity contribution is 0.0950. The molecule has 1 atom stereocenters. The highest BCUT2D eigenvalue weighted by Gasteiger charge is 2.19. The fourth-order valence-corrected chi connectivity index (χ4v) is 2.18. The molecule has 0 aliphatic heterocycles. The van der Waals surface area contributed by atoms with Crippen LogP contribution in [0.3, 0.4) is 0 Å². The molecule has 0 aromatic heterocycles. The van der Waals surface area contributed by atoms with Crippen molar-refractivity contribution in [2.24, 2.45) is 11.7 Å². The maximum atomic E-state index is 12.4. The zero-order chi connectivity index (χ0) is 14.6. The van der Waals surface area contributed by atoms with Gasteiger partial charge in [0.25, 0.3) is 0 Å². The van der Waals surface area contributed by atoms with Crippen LogP contribution >= 0.6 is 0 Å². The monoisotopic (exact) mass is 263 g/mol. The summed E-state index contributed by atoms with van der Waals surface area (Å²) in [5.41, 5.74) is 8.61. The second-order valence-electron chi connectivity index (χ2n) is 5.47. The van der Waals surface area contributed by atoms with Crippen LogP contribution in [0.25, 0.3) is 0 Å². The van der Waals surface area contributed by atoms with Crippen molar-refractivity contribution in [1.82, 2.24) is 0 Å². The maximum Gasteiger partial charge on any atom is 0.179 e. The Morgan fingerprint density at radius 1 is 1.26 bits per heavy atom. The molecule has 1 aromatic carbocycles. The average Bonchev–Trinajstić information content (AvgIpc) is 2.32. The zero-order valence-corrected chi connectivity index (χ0v) is 12.6. The normalized spacial score (nSPS) is 12.6. The van der Waals surface area contributed by atoms with Crippen molar-refractivity contribution in [2.45, 2.75) is 47.1 Å². The van der Waals surface area contributed by atoms with Gasteiger partial charge in [-0.1, -0.05) is 13.8 Å². The second-order valence-corrected chi connectivity index (χ2v) is 5.47. The summed E-state index contributed by atoms with van der Waals surface area (Å²) in [7, 11) is 0. The second kappa shape index (κ2) is 6.71. The molecule has 0 aliphatic carbocycles. The number of hydrogen-bond acceptors (Lipinski definition) is 3. The molecule has 0 fully saturated rings. The number of aryl methyl sites for hydroxylation is 2. The Hall–Kier alpha value is -1.35. The number of ketones is 1. The third-order valence-corrected chi connectivity index (χ3v) is 3.15. The topological polar surface area (TPSA) is 52.3 Å². The number of ether oxygens (including phenoxy) is 1. The third kappa shape index (κ3) is 4.06. The lowest BCUT2D eigenvalue weighted by Crippen LogP contribution is -2.32. The molecule has 0 heterocycles. The van der Waals surface area contributed by atoms with Gasteiger partial charge in [-0.25, -0.2) is 0 Å². The highest BCUT2D eigenvalue weighted by molar-refractivity contribution is 6.01. The van der Waals surface area contributed by atoms with Crippen molar-refractivity contribution in [3.8, 4) is 5.75 Å². The summed E-state index contributed by atoms with van der Waals surface area (Å²) in [5, 5.41) is 0. The first-order valence-corrected chi connectivity index (χ1v) is 6.90. The van der Waals surface area contributed by atoms with E-state index in [1.807, 2.05) is 32.9 Å². The summed E-state index contributed by atoms with van der Waals surface area (Å²) in [4.78, 5) is 12.4. The number of rotatable bonds is 6. The average molecular weight is 263 g/mol. The first-order chi connectivity index (χ1) is 8.86. The van der Waals surface area contributed by atoms with Gasteiger partial charge in [-0.15, -0.1) is 0 Å². The Kier molecular flexibility index (Phi) is 5.55. The van der Waals surface area contributed by atoms with Gasteiger partial charge in [-0.05, 0) is 56.4 Å². The van der Waals surface area contributed by atoms with E-state index in [1.54, 1.807) is 0 Å². The number of nitrogens with two attached hydrogens (primary N) is 1. The number of benzene rings is 1. The predicted octanol–water partition coefficient (Wildman–Crippen LogP) is 3.26. The molecule has 1 aromatic rings. The van der Waals surface area contributed by atoms with Gasteiger partial charge in [0.05, 0.1) is 12.6 Å². The van der Waals surface area contributed by atoms with Crippen LogP contribution in [0.15, 0.2) is 12.1 Å². The smallest absolute Gasteiger partial charge is 0.179 e. The molecule has 3 nitrogen and oxygen atoms in total. The lowest BCUT2D eigenvalue weighted by atomic mass is 9.93. The van der Waals surface area contributed by atoms with Crippen LogP contribution in [0.1, 0.15) is 48.7 Å². The summed E-state index contributed by atoms with van der Waals surface area (Å²) < 4.78 is 5.53. The largest absolute Gasteiger partial charge is 0.494 e. The van der Waals surface area contributed by atoms with E-state index in [4.69, 9.17) is 10.5 Å². The molecule has 2 N–H and O–H groups in total. The fourth-order valence-electron chi connectivity index (χ4n) is 2.18. The van der Waals surface area contributed by atoms with Crippen molar-refractivity contribution in [3.05, 3.63) is 28.8 Å². The minimum atomic E-state index is -0.420. The summed E-state index contributed by atoms with van der Waals surface area (Å²) >= 11 is 0. The molecule has 0 bridgehead atoms. The number of carbonyl (C=O) groups is 1. The minimum absolute atomic E-state index is 0.0253. The standard InChI is InChI=1S/C16H25NO2/c1-6-19-15-9-11(4)13(8-12(15)5)16(18)14(17)7-10(2)3/h8-10,14H,6-7,17H2,1-5H3. The molecule has 3 heteroatoms. The van der Waals surface area contributed by atoms with Crippen molar-refractivity contribution in [1.29, 1.82) is 0 Å². The van der Waals surface area contributed by atoms with Gasteiger partial charge in [0.2, 0.25) is 0 Å². The SMILES string of the molecule is CCOc1cc(C)c(C(=O)C(N)CC(C)C)cc1C. The Morgan fingerprint density at radius 2 is 1.89 bits per heavy atom. The van der Waals surface area contributed by atoms with Gasteiger partial charge < -0.3 is 10.5 Å². The van der Waals surface area contributed by atoms with Crippen LogP contribution in [0.5, 0.6) is 5.75 Å². The van der Waals surface area contributed by atoms with Crippen molar-refractivity contribution < 1.29 is 9.53 Å². The molecule has 1 unspecified atom stereocenters. The Bertz CT molecular complexity index is 452. The van der Waals surface area contributed by atoms with E-state index in [1.165, 1.54) is 0 Å². The molecule has 0 aliphatic rings. The quantitative estimate of drug-likeness (QED) is 0.801. The highest BCUT2D eigenvalue weighted by atomic mass is 16.5. The van der Waals surface area contributed by atoms with Crippen LogP contribution in [-0.4, -0.2) is 18.4 Å². The first-order valence-electron chi connectivity index (χ1n) is 6.90. The highest BCUT2D eigenvalue weighted by Crippen LogP contribution is 2.24. The lowest BCUT2D eigenvalue weighted by Gasteiger charge is -2.16. The van der Waals surface area contributed by atoms with Gasteiger partial charge in [0.15, 0.2) is 5.78 Å². The van der Waals surface area contributed by atoms with E-state index < -0.39 is 6.04 Å². The van der Waals surface area contributed by atoms with Gasteiger partial charge >= 0.3 is 0 Å². The molecular formula is C16H25NO2. The van der Waals surface area contributed by atoms with Crippen molar-refractivity contribution in [2.75, 3.05) is 6.61 Å². The molecule has 106 valence electrons. The van der Waals surface area contributed by atoms with E-state index in [2.05, 4.69) is 13.8 Å². The van der Waals surface area contributed by atoms with Crippen LogP contribution in [0.4, 0.5) is 0 Å². The molecule has 0 saturated carbocycles. The Balaban J connectivity index is 3.01. The number of carbonyl (C=O) groups excluding carboxylic acids is 1. The molecule has 0 amide bonds. The first kappa shape index (κ1) is 15.7. The Morgan fingerprint density at radius 3 is 2.42 bits per heavy atom. The van der Waals surface area contributed by atoms with Crippen LogP contribution in [0.2, 0.25) is 0 Å². The summed E-state index contributed by atoms with van der Waals surface area (Å²) in [5.74, 6) is 1.29. The zero-order valence-electron chi connectivity index (χ0n) is 12.6. The van der Waals surface area contributed by atoms with Gasteiger partial charge in [-0.3, -0.25) is 4.79 Å². The summed E-state index contributed by atoms with van der Waals surface area (Å²) in [6, 6.07) is 3.40. The van der Waals surface area contributed by atoms with Crippen molar-refractivity contribution in [3.63, 3.8) is 0 Å². The molecule has 0 radical (unpaired) electrons. The molecule has 19 heavy (non-hydrogen) atoms. The van der Waals surface area contributed by atoms with Gasteiger partial charge in [0.1, 0.15) is 5.75 Å². The molecular weight excluding hydrogens is 238 g/mol. The summed E-state index contributed by atoms with van der Waals surface area (Å²) in [6.45, 7) is 10.6. The predicted molar refractivity (Wildman–Crippen MR) is 78.8 cm³/mol. The number of hydrogen-bond donors (Lipinski definition) is 1. The van der Waals surface area contributed by atoms with Crippen LogP contribution in [-0.2, 0) is 0 Å². The third-order valence-electron chi connectivity index (χ3n) is 3.15. The van der Waals surface area contributed by atoms with E-state index >= 15 is 0 Å². The fraction of sp³-hybridized carbons (Fsp3) is 0.562. The van der Waals surface area contributed by atoms with E-state index in [-0.39, 0.29) is 5.78 Å². The van der Waals surface area contributed by atoms with Gasteiger partial charge in [-0.2, -0.15) is 0 Å². The Labute approximate surface area is 116 Å². The van der Waals surface area contributed by atoms with Gasteiger partial charge in [0, 0.05) is 5.56 Å². The maximum absolute atomic E-state index is 12.4. The van der Waals surface area contributed by atoms with Crippen LogP contribution in [0, 0.1) is 19.8 Å². The van der Waals surface area contributed by atoms with E-state index in [0.717, 1.165) is 16.9 Å². The molecule has 0 spiro atoms. The van der Waals surface area contributed by atoms with Crippen LogP contribution < -0.4 is 10.5 Å². The minimum Gasteiger partial charge on any atom is -0.494 e. The number of Topliss-reactive ketones (excluding diaryl/α,β-unsaturated/α-hetero) is 1. The van der Waals surface area contributed by atoms with E-state index in [9.17, 15) is 4.79 Å². The van der Waals surface area contributed by atoms with E-state index in [0.29, 0.717) is 24.5 Å². The van der Waals surface area contributed by atoms with Crippen molar-refractivity contribution >= 4 is 5.78 Å². The molecule has 1 rings (SSSR count). The summed E-state index contributed by atoms with van der Waals surface area (Å²) in [6.07, 6.45) is 0.713.